The minimum Gasteiger partial charge on any atom is -0.378 e. The third kappa shape index (κ3) is 3.33. The third-order valence-electron chi connectivity index (χ3n) is 4.00. The van der Waals surface area contributed by atoms with Crippen molar-refractivity contribution in [2.45, 2.75) is 20.3 Å². The summed E-state index contributed by atoms with van der Waals surface area (Å²) in [5, 5.41) is 0. The van der Waals surface area contributed by atoms with Gasteiger partial charge in [-0.2, -0.15) is 0 Å². The van der Waals surface area contributed by atoms with Gasteiger partial charge in [0.1, 0.15) is 0 Å². The van der Waals surface area contributed by atoms with Crippen molar-refractivity contribution >= 4 is 33.0 Å². The zero-order chi connectivity index (χ0) is 14.8. The fourth-order valence-corrected chi connectivity index (χ4v) is 4.54. The number of hydrogen-bond donors (Lipinski definition) is 0. The van der Waals surface area contributed by atoms with E-state index in [2.05, 4.69) is 58.9 Å². The minimum atomic E-state index is 0.835. The molecule has 0 spiro atoms. The number of thiophene rings is 1. The Balaban J connectivity index is 1.75. The van der Waals surface area contributed by atoms with Crippen molar-refractivity contribution < 1.29 is 4.74 Å². The number of morpholine rings is 1. The predicted molar refractivity (Wildman–Crippen MR) is 93.8 cm³/mol. The van der Waals surface area contributed by atoms with Crippen LogP contribution in [0.25, 0.3) is 0 Å². The lowest BCUT2D eigenvalue weighted by atomic mass is 10.0. The van der Waals surface area contributed by atoms with Crippen LogP contribution in [-0.2, 0) is 11.2 Å². The average molecular weight is 366 g/mol. The maximum Gasteiger partial charge on any atom is 0.0642 e. The maximum atomic E-state index is 5.41. The number of halogens is 1. The van der Waals surface area contributed by atoms with Crippen LogP contribution in [-0.4, -0.2) is 26.3 Å². The highest BCUT2D eigenvalue weighted by atomic mass is 79.9. The molecule has 2 nitrogen and oxygen atoms in total. The molecule has 2 heterocycles. The number of ether oxygens (including phenoxy) is 1. The summed E-state index contributed by atoms with van der Waals surface area (Å²) >= 11 is 5.60. The van der Waals surface area contributed by atoms with E-state index in [1.165, 1.54) is 31.0 Å². The Bertz CT molecular complexity index is 614. The summed E-state index contributed by atoms with van der Waals surface area (Å²) in [4.78, 5) is 5.17. The van der Waals surface area contributed by atoms with E-state index < -0.39 is 0 Å². The highest BCUT2D eigenvalue weighted by Gasteiger charge is 2.13. The monoisotopic (exact) mass is 365 g/mol. The molecule has 0 aliphatic carbocycles. The molecule has 1 aromatic carbocycles. The Morgan fingerprint density at radius 2 is 1.76 bits per heavy atom. The Morgan fingerprint density at radius 1 is 1.10 bits per heavy atom. The van der Waals surface area contributed by atoms with Crippen LogP contribution < -0.4 is 4.90 Å². The van der Waals surface area contributed by atoms with E-state index in [0.717, 1.165) is 32.7 Å². The van der Waals surface area contributed by atoms with E-state index in [1.807, 2.05) is 11.3 Å². The van der Waals surface area contributed by atoms with Crippen molar-refractivity contribution in [3.8, 4) is 0 Å². The Hall–Kier alpha value is -0.840. The molecule has 0 unspecified atom stereocenters. The molecule has 1 aliphatic heterocycles. The second-order valence-corrected chi connectivity index (χ2v) is 7.67. The molecule has 0 saturated carbocycles. The molecule has 1 fully saturated rings. The van der Waals surface area contributed by atoms with Crippen molar-refractivity contribution in [2.24, 2.45) is 0 Å². The van der Waals surface area contributed by atoms with Crippen molar-refractivity contribution in [3.63, 3.8) is 0 Å². The quantitative estimate of drug-likeness (QED) is 0.790. The molecular formula is C17H20BrNOS. The molecular weight excluding hydrogens is 346 g/mol. The van der Waals surface area contributed by atoms with Gasteiger partial charge in [-0.1, -0.05) is 12.1 Å². The van der Waals surface area contributed by atoms with Crippen LogP contribution >= 0.6 is 27.3 Å². The molecule has 0 N–H and O–H groups in total. The molecule has 21 heavy (non-hydrogen) atoms. The molecule has 4 heteroatoms. The van der Waals surface area contributed by atoms with Crippen LogP contribution in [0.2, 0.25) is 0 Å². The fourth-order valence-electron chi connectivity index (χ4n) is 2.76. The number of nitrogens with zero attached hydrogens (tertiary/aromatic N) is 1. The molecule has 0 bridgehead atoms. The van der Waals surface area contributed by atoms with Gasteiger partial charge in [0, 0.05) is 33.0 Å². The van der Waals surface area contributed by atoms with Crippen LogP contribution in [0.4, 0.5) is 5.69 Å². The highest BCUT2D eigenvalue weighted by Crippen LogP contribution is 2.33. The fraction of sp³-hybridized carbons (Fsp3) is 0.412. The molecule has 1 aromatic heterocycles. The van der Waals surface area contributed by atoms with E-state index in [4.69, 9.17) is 4.74 Å². The third-order valence-corrected chi connectivity index (χ3v) is 6.40. The first-order chi connectivity index (χ1) is 10.1. The second kappa shape index (κ2) is 6.51. The molecule has 0 radical (unpaired) electrons. The summed E-state index contributed by atoms with van der Waals surface area (Å²) in [7, 11) is 0. The average Bonchev–Trinajstić information content (AvgIpc) is 2.75. The van der Waals surface area contributed by atoms with Gasteiger partial charge >= 0.3 is 0 Å². The second-order valence-electron chi connectivity index (χ2n) is 5.45. The number of anilines is 1. The molecule has 112 valence electrons. The lowest BCUT2D eigenvalue weighted by molar-refractivity contribution is 0.122. The zero-order valence-electron chi connectivity index (χ0n) is 12.5. The van der Waals surface area contributed by atoms with Crippen molar-refractivity contribution in [3.05, 3.63) is 49.6 Å². The van der Waals surface area contributed by atoms with Gasteiger partial charge in [-0.3, -0.25) is 0 Å². The number of benzene rings is 1. The van der Waals surface area contributed by atoms with Crippen molar-refractivity contribution in [1.82, 2.24) is 0 Å². The number of aryl methyl sites for hydroxylation is 2. The normalized spacial score (nSPS) is 15.5. The van der Waals surface area contributed by atoms with Crippen LogP contribution in [0.15, 0.2) is 28.7 Å². The van der Waals surface area contributed by atoms with Crippen molar-refractivity contribution in [1.29, 1.82) is 0 Å². The van der Waals surface area contributed by atoms with Crippen molar-refractivity contribution in [2.75, 3.05) is 31.2 Å². The largest absolute Gasteiger partial charge is 0.378 e. The summed E-state index contributed by atoms with van der Waals surface area (Å²) in [5.74, 6) is 0. The smallest absolute Gasteiger partial charge is 0.0642 e. The first-order valence-electron chi connectivity index (χ1n) is 7.31. The summed E-state index contributed by atoms with van der Waals surface area (Å²) in [5.41, 5.74) is 4.10. The van der Waals surface area contributed by atoms with E-state index in [9.17, 15) is 0 Å². The van der Waals surface area contributed by atoms with Crippen LogP contribution in [0, 0.1) is 13.8 Å². The summed E-state index contributed by atoms with van der Waals surface area (Å²) in [6.07, 6.45) is 1.00. The predicted octanol–water partition coefficient (Wildman–Crippen LogP) is 4.55. The molecule has 1 aliphatic rings. The lowest BCUT2D eigenvalue weighted by Gasteiger charge is -2.28. The summed E-state index contributed by atoms with van der Waals surface area (Å²) in [6.45, 7) is 8.04. The highest BCUT2D eigenvalue weighted by molar-refractivity contribution is 9.10. The number of hydrogen-bond acceptors (Lipinski definition) is 3. The SMILES string of the molecule is Cc1sc(C)c(Cc2ccc(N3CCOCC3)cc2)c1Br. The first kappa shape index (κ1) is 15.1. The molecule has 1 saturated heterocycles. The topological polar surface area (TPSA) is 12.5 Å². The van der Waals surface area contributed by atoms with Gasteiger partial charge in [-0.15, -0.1) is 11.3 Å². The van der Waals surface area contributed by atoms with Gasteiger partial charge in [-0.05, 0) is 59.5 Å². The Kier molecular flexibility index (Phi) is 4.67. The van der Waals surface area contributed by atoms with Crippen LogP contribution in [0.1, 0.15) is 20.9 Å². The summed E-state index contributed by atoms with van der Waals surface area (Å²) < 4.78 is 6.69. The minimum absolute atomic E-state index is 0.835. The van der Waals surface area contributed by atoms with Gasteiger partial charge in [0.15, 0.2) is 0 Å². The first-order valence-corrected chi connectivity index (χ1v) is 8.92. The Labute approximate surface area is 138 Å². The Morgan fingerprint density at radius 3 is 2.33 bits per heavy atom. The molecule has 2 aromatic rings. The van der Waals surface area contributed by atoms with Gasteiger partial charge < -0.3 is 9.64 Å². The van der Waals surface area contributed by atoms with Gasteiger partial charge in [0.2, 0.25) is 0 Å². The zero-order valence-corrected chi connectivity index (χ0v) is 14.9. The van der Waals surface area contributed by atoms with Crippen LogP contribution in [0.3, 0.4) is 0 Å². The maximum absolute atomic E-state index is 5.41. The van der Waals surface area contributed by atoms with E-state index in [-0.39, 0.29) is 0 Å². The lowest BCUT2D eigenvalue weighted by Crippen LogP contribution is -2.36. The number of rotatable bonds is 3. The van der Waals surface area contributed by atoms with Gasteiger partial charge in [-0.25, -0.2) is 0 Å². The van der Waals surface area contributed by atoms with E-state index >= 15 is 0 Å². The molecule has 3 rings (SSSR count). The van der Waals surface area contributed by atoms with Gasteiger partial charge in [0.25, 0.3) is 0 Å². The van der Waals surface area contributed by atoms with E-state index in [1.54, 1.807) is 0 Å². The standard InChI is InChI=1S/C17H20BrNOS/c1-12-16(17(18)13(2)21-12)11-14-3-5-15(6-4-14)19-7-9-20-10-8-19/h3-6H,7-11H2,1-2H3. The summed E-state index contributed by atoms with van der Waals surface area (Å²) in [6, 6.07) is 8.99. The van der Waals surface area contributed by atoms with Crippen LogP contribution in [0.5, 0.6) is 0 Å². The molecule has 0 atom stereocenters. The van der Waals surface area contributed by atoms with E-state index in [0.29, 0.717) is 0 Å². The van der Waals surface area contributed by atoms with Gasteiger partial charge in [0.05, 0.1) is 13.2 Å². The molecule has 0 amide bonds.